The van der Waals surface area contributed by atoms with Gasteiger partial charge in [0.1, 0.15) is 0 Å². The van der Waals surface area contributed by atoms with Gasteiger partial charge in [-0.05, 0) is 43.9 Å². The molecule has 0 bridgehead atoms. The van der Waals surface area contributed by atoms with Crippen molar-refractivity contribution in [3.8, 4) is 0 Å². The van der Waals surface area contributed by atoms with Crippen LogP contribution in [-0.4, -0.2) is 49.8 Å². The van der Waals surface area contributed by atoms with E-state index in [9.17, 15) is 4.79 Å². The fourth-order valence-electron chi connectivity index (χ4n) is 3.27. The third-order valence-electron chi connectivity index (χ3n) is 4.63. The van der Waals surface area contributed by atoms with Gasteiger partial charge in [0.2, 0.25) is 0 Å². The number of nitrogens with one attached hydrogen (secondary N) is 1. The number of hydrogen-bond donors (Lipinski definition) is 1. The van der Waals surface area contributed by atoms with E-state index >= 15 is 0 Å². The van der Waals surface area contributed by atoms with Crippen LogP contribution < -0.4 is 10.2 Å². The molecule has 2 amide bonds. The average Bonchev–Trinajstić information content (AvgIpc) is 2.61. The van der Waals surface area contributed by atoms with Crippen molar-refractivity contribution in [2.45, 2.75) is 38.8 Å². The predicted molar refractivity (Wildman–Crippen MR) is 91.7 cm³/mol. The highest BCUT2D eigenvalue weighted by molar-refractivity contribution is 5.74. The van der Waals surface area contributed by atoms with Crippen molar-refractivity contribution in [1.29, 1.82) is 0 Å². The van der Waals surface area contributed by atoms with Gasteiger partial charge >= 0.3 is 6.03 Å². The number of piperidine rings is 1. The molecule has 1 atom stereocenters. The molecule has 0 saturated carbocycles. The van der Waals surface area contributed by atoms with Gasteiger partial charge in [-0.3, -0.25) is 0 Å². The fraction of sp³-hybridized carbons (Fsp3) is 0.611. The van der Waals surface area contributed by atoms with E-state index in [0.717, 1.165) is 18.7 Å². The standard InChI is InChI=1S/C18H27N3O2/c1-15-14-21(11-12-23-15)18(22)19-13-16-5-7-17(8-6-16)20-9-3-2-4-10-20/h5-8,15H,2-4,9-14H2,1H3,(H,19,22)/t15-/m1/s1. The van der Waals surface area contributed by atoms with Crippen molar-refractivity contribution in [2.24, 2.45) is 0 Å². The largest absolute Gasteiger partial charge is 0.375 e. The Hall–Kier alpha value is -1.75. The summed E-state index contributed by atoms with van der Waals surface area (Å²) in [6, 6.07) is 8.58. The molecule has 2 fully saturated rings. The molecule has 23 heavy (non-hydrogen) atoms. The molecule has 2 saturated heterocycles. The number of rotatable bonds is 3. The summed E-state index contributed by atoms with van der Waals surface area (Å²) in [5, 5.41) is 3.01. The summed E-state index contributed by atoms with van der Waals surface area (Å²) in [5.41, 5.74) is 2.43. The molecular formula is C18H27N3O2. The van der Waals surface area contributed by atoms with Crippen molar-refractivity contribution in [3.05, 3.63) is 29.8 Å². The van der Waals surface area contributed by atoms with Crippen molar-refractivity contribution in [3.63, 3.8) is 0 Å². The maximum atomic E-state index is 12.2. The van der Waals surface area contributed by atoms with E-state index in [-0.39, 0.29) is 12.1 Å². The van der Waals surface area contributed by atoms with Crippen LogP contribution in [0, 0.1) is 0 Å². The second-order valence-electron chi connectivity index (χ2n) is 6.50. The monoisotopic (exact) mass is 317 g/mol. The minimum absolute atomic E-state index is 0.000238. The molecule has 0 aromatic heterocycles. The number of ether oxygens (including phenoxy) is 1. The molecule has 5 heteroatoms. The van der Waals surface area contributed by atoms with Crippen molar-refractivity contribution in [2.75, 3.05) is 37.7 Å². The average molecular weight is 317 g/mol. The zero-order chi connectivity index (χ0) is 16.1. The lowest BCUT2D eigenvalue weighted by Gasteiger charge is -2.31. The van der Waals surface area contributed by atoms with Gasteiger partial charge in [-0.25, -0.2) is 4.79 Å². The maximum absolute atomic E-state index is 12.2. The van der Waals surface area contributed by atoms with E-state index in [1.807, 2.05) is 11.8 Å². The highest BCUT2D eigenvalue weighted by Gasteiger charge is 2.20. The number of anilines is 1. The Labute approximate surface area is 138 Å². The molecule has 1 aromatic rings. The lowest BCUT2D eigenvalue weighted by atomic mass is 10.1. The number of carbonyl (C=O) groups excluding carboxylic acids is 1. The van der Waals surface area contributed by atoms with Crippen molar-refractivity contribution in [1.82, 2.24) is 10.2 Å². The van der Waals surface area contributed by atoms with Gasteiger partial charge in [0.25, 0.3) is 0 Å². The first-order valence-electron chi connectivity index (χ1n) is 8.70. The molecule has 0 spiro atoms. The zero-order valence-corrected chi connectivity index (χ0v) is 14.0. The van der Waals surface area contributed by atoms with E-state index in [2.05, 4.69) is 34.5 Å². The van der Waals surface area contributed by atoms with Crippen LogP contribution in [0.5, 0.6) is 0 Å². The molecule has 0 radical (unpaired) electrons. The molecule has 1 N–H and O–H groups in total. The second kappa shape index (κ2) is 7.68. The molecule has 5 nitrogen and oxygen atoms in total. The van der Waals surface area contributed by atoms with Crippen LogP contribution in [0.25, 0.3) is 0 Å². The highest BCUT2D eigenvalue weighted by atomic mass is 16.5. The summed E-state index contributed by atoms with van der Waals surface area (Å²) in [6.07, 6.45) is 4.05. The summed E-state index contributed by atoms with van der Waals surface area (Å²) in [5.74, 6) is 0. The number of urea groups is 1. The minimum atomic E-state index is 0.000238. The van der Waals surface area contributed by atoms with Crippen LogP contribution in [-0.2, 0) is 11.3 Å². The summed E-state index contributed by atoms with van der Waals surface area (Å²) in [6.45, 7) is 6.85. The van der Waals surface area contributed by atoms with E-state index in [1.165, 1.54) is 24.9 Å². The van der Waals surface area contributed by atoms with E-state index < -0.39 is 0 Å². The molecule has 0 unspecified atom stereocenters. The smallest absolute Gasteiger partial charge is 0.317 e. The summed E-state index contributed by atoms with van der Waals surface area (Å²) in [4.78, 5) is 16.5. The third-order valence-corrected chi connectivity index (χ3v) is 4.63. The van der Waals surface area contributed by atoms with Gasteiger partial charge in [-0.2, -0.15) is 0 Å². The zero-order valence-electron chi connectivity index (χ0n) is 14.0. The summed E-state index contributed by atoms with van der Waals surface area (Å²) in [7, 11) is 0. The topological polar surface area (TPSA) is 44.8 Å². The Morgan fingerprint density at radius 3 is 2.61 bits per heavy atom. The Morgan fingerprint density at radius 1 is 1.17 bits per heavy atom. The first kappa shape index (κ1) is 16.1. The molecule has 0 aliphatic carbocycles. The molecule has 2 heterocycles. The van der Waals surface area contributed by atoms with Crippen LogP contribution in [0.15, 0.2) is 24.3 Å². The second-order valence-corrected chi connectivity index (χ2v) is 6.50. The Kier molecular flexibility index (Phi) is 5.39. The Bertz CT molecular complexity index is 512. The maximum Gasteiger partial charge on any atom is 0.317 e. The normalized spacial score (nSPS) is 22.0. The van der Waals surface area contributed by atoms with E-state index in [4.69, 9.17) is 4.74 Å². The molecule has 2 aliphatic heterocycles. The quantitative estimate of drug-likeness (QED) is 0.932. The van der Waals surface area contributed by atoms with E-state index in [0.29, 0.717) is 26.2 Å². The number of benzene rings is 1. The van der Waals surface area contributed by atoms with Crippen LogP contribution in [0.1, 0.15) is 31.7 Å². The number of nitrogens with zero attached hydrogens (tertiary/aromatic N) is 2. The molecule has 1 aromatic carbocycles. The highest BCUT2D eigenvalue weighted by Crippen LogP contribution is 2.20. The van der Waals surface area contributed by atoms with Gasteiger partial charge in [0.15, 0.2) is 0 Å². The van der Waals surface area contributed by atoms with Crippen LogP contribution >= 0.6 is 0 Å². The molecule has 3 rings (SSSR count). The lowest BCUT2D eigenvalue weighted by molar-refractivity contribution is -0.00351. The van der Waals surface area contributed by atoms with Gasteiger partial charge in [-0.1, -0.05) is 12.1 Å². The van der Waals surface area contributed by atoms with E-state index in [1.54, 1.807) is 0 Å². The Balaban J connectivity index is 1.49. The van der Waals surface area contributed by atoms with Gasteiger partial charge in [0, 0.05) is 38.4 Å². The summed E-state index contributed by atoms with van der Waals surface area (Å²) < 4.78 is 5.47. The van der Waals surface area contributed by atoms with Crippen LogP contribution in [0.3, 0.4) is 0 Å². The molecular weight excluding hydrogens is 290 g/mol. The van der Waals surface area contributed by atoms with Crippen molar-refractivity contribution >= 4 is 11.7 Å². The van der Waals surface area contributed by atoms with Gasteiger partial charge in [0.05, 0.1) is 12.7 Å². The minimum Gasteiger partial charge on any atom is -0.375 e. The van der Waals surface area contributed by atoms with Gasteiger partial charge < -0.3 is 19.9 Å². The first-order valence-corrected chi connectivity index (χ1v) is 8.70. The van der Waals surface area contributed by atoms with Crippen LogP contribution in [0.2, 0.25) is 0 Å². The van der Waals surface area contributed by atoms with Crippen LogP contribution in [0.4, 0.5) is 10.5 Å². The molecule has 2 aliphatic rings. The number of morpholine rings is 1. The van der Waals surface area contributed by atoms with Gasteiger partial charge in [-0.15, -0.1) is 0 Å². The SMILES string of the molecule is C[C@@H]1CN(C(=O)NCc2ccc(N3CCCCC3)cc2)CCO1. The third kappa shape index (κ3) is 4.38. The first-order chi connectivity index (χ1) is 11.2. The number of carbonyl (C=O) groups is 1. The lowest BCUT2D eigenvalue weighted by Crippen LogP contribution is -2.48. The van der Waals surface area contributed by atoms with Crippen molar-refractivity contribution < 1.29 is 9.53 Å². The molecule has 126 valence electrons. The fourth-order valence-corrected chi connectivity index (χ4v) is 3.27. The predicted octanol–water partition coefficient (Wildman–Crippen LogP) is 2.61. The summed E-state index contributed by atoms with van der Waals surface area (Å²) >= 11 is 0. The Morgan fingerprint density at radius 2 is 1.91 bits per heavy atom. The number of amides is 2. The number of hydrogen-bond acceptors (Lipinski definition) is 3.